The Bertz CT molecular complexity index is 3020. The van der Waals surface area contributed by atoms with Crippen LogP contribution in [0.4, 0.5) is 0 Å². The van der Waals surface area contributed by atoms with Gasteiger partial charge in [-0.25, -0.2) is 4.98 Å². The quantitative estimate of drug-likeness (QED) is 0.172. The SMILES string of the molecule is CC1(C)c2ccccc2-c2ccc3c(c21)C(C)(C)c1cc(-c2ccc(-c4ccc5ccc6cccnc6c5n4)c4ccc5ccccc5c24)ccc1-3. The van der Waals surface area contributed by atoms with Crippen LogP contribution in [0.5, 0.6) is 0 Å². The molecular weight excluding hydrogens is 629 g/mol. The Hall–Kier alpha value is -6.12. The smallest absolute Gasteiger partial charge is 0.0972 e. The summed E-state index contributed by atoms with van der Waals surface area (Å²) >= 11 is 0. The molecule has 2 nitrogen and oxygen atoms in total. The molecular formula is C50H36N2. The third-order valence-corrected chi connectivity index (χ3v) is 12.3. The van der Waals surface area contributed by atoms with E-state index in [-0.39, 0.29) is 10.8 Å². The van der Waals surface area contributed by atoms with E-state index in [2.05, 4.69) is 161 Å². The topological polar surface area (TPSA) is 25.8 Å². The summed E-state index contributed by atoms with van der Waals surface area (Å²) < 4.78 is 0. The van der Waals surface area contributed by atoms with E-state index >= 15 is 0 Å². The van der Waals surface area contributed by atoms with E-state index in [1.165, 1.54) is 77.2 Å². The Morgan fingerprint density at radius 2 is 1.04 bits per heavy atom. The van der Waals surface area contributed by atoms with Gasteiger partial charge in [0.2, 0.25) is 0 Å². The van der Waals surface area contributed by atoms with Gasteiger partial charge in [-0.3, -0.25) is 4.98 Å². The number of fused-ring (bicyclic) bond motifs is 13. The van der Waals surface area contributed by atoms with Gasteiger partial charge >= 0.3 is 0 Å². The van der Waals surface area contributed by atoms with Gasteiger partial charge in [0.1, 0.15) is 0 Å². The first-order valence-electron chi connectivity index (χ1n) is 18.3. The molecule has 2 heteroatoms. The first-order valence-corrected chi connectivity index (χ1v) is 18.3. The molecule has 0 spiro atoms. The lowest BCUT2D eigenvalue weighted by Gasteiger charge is -2.30. The average molecular weight is 665 g/mol. The van der Waals surface area contributed by atoms with Crippen molar-refractivity contribution >= 4 is 43.4 Å². The Morgan fingerprint density at radius 3 is 1.88 bits per heavy atom. The molecule has 0 saturated heterocycles. The molecule has 2 aliphatic rings. The molecule has 0 radical (unpaired) electrons. The van der Waals surface area contributed by atoms with Crippen LogP contribution in [0.25, 0.3) is 88.0 Å². The van der Waals surface area contributed by atoms with Crippen LogP contribution < -0.4 is 0 Å². The number of benzene rings is 7. The van der Waals surface area contributed by atoms with Gasteiger partial charge in [-0.05, 0) is 95.4 Å². The Morgan fingerprint density at radius 1 is 0.423 bits per heavy atom. The van der Waals surface area contributed by atoms with Crippen LogP contribution in [-0.4, -0.2) is 9.97 Å². The molecule has 52 heavy (non-hydrogen) atoms. The highest BCUT2D eigenvalue weighted by Crippen LogP contribution is 2.59. The third-order valence-electron chi connectivity index (χ3n) is 12.3. The van der Waals surface area contributed by atoms with Crippen molar-refractivity contribution in [2.75, 3.05) is 0 Å². The van der Waals surface area contributed by atoms with Crippen molar-refractivity contribution in [2.45, 2.75) is 38.5 Å². The van der Waals surface area contributed by atoms with Crippen molar-refractivity contribution in [1.29, 1.82) is 0 Å². The predicted octanol–water partition coefficient (Wildman–Crippen LogP) is 13.0. The summed E-state index contributed by atoms with van der Waals surface area (Å²) in [5.41, 5.74) is 17.5. The molecule has 0 bridgehead atoms. The summed E-state index contributed by atoms with van der Waals surface area (Å²) in [6.45, 7) is 9.68. The van der Waals surface area contributed by atoms with Crippen molar-refractivity contribution in [2.24, 2.45) is 0 Å². The average Bonchev–Trinajstić information content (AvgIpc) is 3.56. The molecule has 0 atom stereocenters. The first-order chi connectivity index (χ1) is 25.3. The monoisotopic (exact) mass is 664 g/mol. The minimum atomic E-state index is -0.158. The molecule has 2 aromatic heterocycles. The van der Waals surface area contributed by atoms with Gasteiger partial charge in [-0.15, -0.1) is 0 Å². The summed E-state index contributed by atoms with van der Waals surface area (Å²) in [6, 6.07) is 51.6. The summed E-state index contributed by atoms with van der Waals surface area (Å²) in [5.74, 6) is 0. The van der Waals surface area contributed by atoms with Crippen LogP contribution in [0, 0.1) is 0 Å². The van der Waals surface area contributed by atoms with Gasteiger partial charge in [-0.2, -0.15) is 0 Å². The maximum absolute atomic E-state index is 5.29. The molecule has 2 aliphatic carbocycles. The van der Waals surface area contributed by atoms with Crippen LogP contribution in [0.3, 0.4) is 0 Å². The highest BCUT2D eigenvalue weighted by Gasteiger charge is 2.45. The van der Waals surface area contributed by atoms with Crippen LogP contribution in [-0.2, 0) is 10.8 Å². The number of nitrogens with zero attached hydrogens (tertiary/aromatic N) is 2. The standard InChI is InChI=1S/C50H36N2/c1-49(2)41-14-8-7-13-35(41)39-24-25-40-36-20-18-32(28-42(36)50(3,4)46(40)45(39)49)34-22-23-37(38-21-17-29-10-5-6-12-33(29)44(34)38)43-26-19-31-16-15-30-11-9-27-51-47(30)48(31)52-43/h5-28H,1-4H3. The van der Waals surface area contributed by atoms with E-state index in [4.69, 9.17) is 9.97 Å². The Kier molecular flexibility index (Phi) is 5.83. The number of rotatable bonds is 2. The maximum atomic E-state index is 5.29. The van der Waals surface area contributed by atoms with Crippen LogP contribution in [0.1, 0.15) is 49.9 Å². The van der Waals surface area contributed by atoms with E-state index in [1.807, 2.05) is 12.3 Å². The number of aromatic nitrogens is 2. The van der Waals surface area contributed by atoms with Crippen molar-refractivity contribution in [3.05, 3.63) is 168 Å². The van der Waals surface area contributed by atoms with Gasteiger partial charge in [0, 0.05) is 33.4 Å². The predicted molar refractivity (Wildman–Crippen MR) is 218 cm³/mol. The Labute approximate surface area is 303 Å². The molecule has 0 N–H and O–H groups in total. The largest absolute Gasteiger partial charge is 0.254 e. The lowest BCUT2D eigenvalue weighted by molar-refractivity contribution is 0.601. The zero-order valence-corrected chi connectivity index (χ0v) is 29.8. The molecule has 0 aliphatic heterocycles. The van der Waals surface area contributed by atoms with Crippen LogP contribution in [0.15, 0.2) is 146 Å². The molecule has 0 unspecified atom stereocenters. The molecule has 7 aromatic carbocycles. The fraction of sp³-hybridized carbons (Fsp3) is 0.120. The van der Waals surface area contributed by atoms with Crippen molar-refractivity contribution in [1.82, 2.24) is 9.97 Å². The molecule has 2 heterocycles. The summed E-state index contributed by atoms with van der Waals surface area (Å²) in [6.07, 6.45) is 1.86. The van der Waals surface area contributed by atoms with Gasteiger partial charge in [0.25, 0.3) is 0 Å². The second-order valence-corrected chi connectivity index (χ2v) is 15.7. The lowest BCUT2D eigenvalue weighted by Crippen LogP contribution is -2.24. The van der Waals surface area contributed by atoms with Crippen molar-refractivity contribution in [3.8, 4) is 44.6 Å². The minimum absolute atomic E-state index is 0.0660. The minimum Gasteiger partial charge on any atom is -0.254 e. The number of pyridine rings is 2. The van der Waals surface area contributed by atoms with Gasteiger partial charge in [-0.1, -0.05) is 149 Å². The van der Waals surface area contributed by atoms with Gasteiger partial charge in [0.05, 0.1) is 16.7 Å². The number of hydrogen-bond donors (Lipinski definition) is 0. The summed E-state index contributed by atoms with van der Waals surface area (Å²) in [5, 5.41) is 7.16. The van der Waals surface area contributed by atoms with Crippen LogP contribution in [0.2, 0.25) is 0 Å². The van der Waals surface area contributed by atoms with Gasteiger partial charge in [0.15, 0.2) is 0 Å². The van der Waals surface area contributed by atoms with E-state index in [1.54, 1.807) is 0 Å². The summed E-state index contributed by atoms with van der Waals surface area (Å²) in [7, 11) is 0. The fourth-order valence-corrected chi connectivity index (χ4v) is 9.81. The molecule has 0 saturated carbocycles. The molecule has 246 valence electrons. The molecule has 9 aromatic rings. The fourth-order valence-electron chi connectivity index (χ4n) is 9.81. The summed E-state index contributed by atoms with van der Waals surface area (Å²) in [4.78, 5) is 10.0. The van der Waals surface area contributed by atoms with E-state index in [0.717, 1.165) is 33.1 Å². The van der Waals surface area contributed by atoms with E-state index < -0.39 is 0 Å². The maximum Gasteiger partial charge on any atom is 0.0972 e. The second-order valence-electron chi connectivity index (χ2n) is 15.7. The van der Waals surface area contributed by atoms with E-state index in [0.29, 0.717) is 0 Å². The zero-order valence-electron chi connectivity index (χ0n) is 29.8. The van der Waals surface area contributed by atoms with Crippen molar-refractivity contribution in [3.63, 3.8) is 0 Å². The highest BCUT2D eigenvalue weighted by atomic mass is 14.8. The van der Waals surface area contributed by atoms with Gasteiger partial charge < -0.3 is 0 Å². The highest BCUT2D eigenvalue weighted by molar-refractivity contribution is 6.18. The number of hydrogen-bond acceptors (Lipinski definition) is 2. The first kappa shape index (κ1) is 29.6. The Balaban J connectivity index is 1.12. The molecule has 0 fully saturated rings. The van der Waals surface area contributed by atoms with Crippen molar-refractivity contribution < 1.29 is 0 Å². The molecule has 0 amide bonds. The second kappa shape index (κ2) is 10.2. The normalized spacial score (nSPS) is 14.8. The van der Waals surface area contributed by atoms with E-state index in [9.17, 15) is 0 Å². The lowest BCUT2D eigenvalue weighted by atomic mass is 9.72. The molecule has 11 rings (SSSR count). The zero-order chi connectivity index (χ0) is 34.9. The third kappa shape index (κ3) is 3.84. The van der Waals surface area contributed by atoms with Crippen LogP contribution >= 0.6 is 0 Å².